The maximum Gasteiger partial charge on any atom is 0.490 e. The Labute approximate surface area is 177 Å². The van der Waals surface area contributed by atoms with E-state index in [0.717, 1.165) is 63.1 Å². The van der Waals surface area contributed by atoms with Gasteiger partial charge in [-0.1, -0.05) is 6.08 Å². The van der Waals surface area contributed by atoms with Crippen molar-refractivity contribution >= 4 is 11.9 Å². The second-order valence-electron chi connectivity index (χ2n) is 7.89. The van der Waals surface area contributed by atoms with Gasteiger partial charge in [-0.2, -0.15) is 13.2 Å². The molecule has 170 valence electrons. The third kappa shape index (κ3) is 5.75. The number of piperidine rings is 1. The molecule has 0 aromatic carbocycles. The van der Waals surface area contributed by atoms with Crippen LogP contribution in [0.2, 0.25) is 0 Å². The summed E-state index contributed by atoms with van der Waals surface area (Å²) in [5, 5.41) is 7.12. The summed E-state index contributed by atoms with van der Waals surface area (Å²) in [6, 6.07) is 3.79. The van der Waals surface area contributed by atoms with Crippen molar-refractivity contribution in [3.05, 3.63) is 36.2 Å². The molecule has 10 heteroatoms. The molecule has 1 amide bonds. The van der Waals surface area contributed by atoms with Gasteiger partial charge in [-0.05, 0) is 44.2 Å². The van der Waals surface area contributed by atoms with E-state index in [1.54, 1.807) is 12.4 Å². The van der Waals surface area contributed by atoms with E-state index in [4.69, 9.17) is 19.4 Å². The van der Waals surface area contributed by atoms with Crippen LogP contribution in [-0.4, -0.2) is 65.5 Å². The first-order valence-corrected chi connectivity index (χ1v) is 10.1. The minimum Gasteiger partial charge on any atom is -0.491 e. The Morgan fingerprint density at radius 1 is 1.39 bits per heavy atom. The van der Waals surface area contributed by atoms with Gasteiger partial charge in [0.25, 0.3) is 0 Å². The number of carboxylic acid groups (broad SMARTS) is 1. The molecular formula is C21H25F3N2O5. The van der Waals surface area contributed by atoms with Gasteiger partial charge in [0.15, 0.2) is 0 Å². The van der Waals surface area contributed by atoms with Gasteiger partial charge in [0.1, 0.15) is 5.75 Å². The number of likely N-dealkylation sites (tertiary alicyclic amines) is 1. The standard InChI is InChI=1S/C19H24N2O3.C2HF3O2/c22-18(15-4-1-2-5-15)21-10-7-17-19(13-21,8-11-23-17)14-24-16-6-3-9-20-12-16;3-2(4,5)1(6)7/h3-4,6,9,12,17H,1-2,5,7-8,10-11,13-14H2;(H,6,7)/t17-,19+;/m1./s1. The van der Waals surface area contributed by atoms with E-state index >= 15 is 0 Å². The molecule has 2 fully saturated rings. The number of nitrogens with zero attached hydrogens (tertiary/aromatic N) is 2. The summed E-state index contributed by atoms with van der Waals surface area (Å²) >= 11 is 0. The number of hydrogen-bond acceptors (Lipinski definition) is 5. The molecule has 0 saturated carbocycles. The highest BCUT2D eigenvalue weighted by Gasteiger charge is 2.49. The minimum atomic E-state index is -5.08. The van der Waals surface area contributed by atoms with Crippen LogP contribution in [-0.2, 0) is 14.3 Å². The molecule has 0 unspecified atom stereocenters. The maximum atomic E-state index is 12.8. The summed E-state index contributed by atoms with van der Waals surface area (Å²) in [4.78, 5) is 27.8. The Morgan fingerprint density at radius 3 is 2.77 bits per heavy atom. The third-order valence-electron chi connectivity index (χ3n) is 5.78. The molecular weight excluding hydrogens is 417 g/mol. The number of fused-ring (bicyclic) bond motifs is 1. The van der Waals surface area contributed by atoms with Gasteiger partial charge in [0.2, 0.25) is 5.91 Å². The van der Waals surface area contributed by atoms with Crippen molar-refractivity contribution in [1.29, 1.82) is 0 Å². The number of aromatic nitrogens is 1. The van der Waals surface area contributed by atoms with Crippen molar-refractivity contribution in [3.63, 3.8) is 0 Å². The first kappa shape index (κ1) is 23.1. The van der Waals surface area contributed by atoms with Crippen molar-refractivity contribution in [3.8, 4) is 5.75 Å². The number of aliphatic carboxylic acids is 1. The molecule has 1 aromatic rings. The number of carbonyl (C=O) groups excluding carboxylic acids is 1. The van der Waals surface area contributed by atoms with Crippen LogP contribution in [0.3, 0.4) is 0 Å². The lowest BCUT2D eigenvalue weighted by molar-refractivity contribution is -0.192. The lowest BCUT2D eigenvalue weighted by Gasteiger charge is -2.43. The van der Waals surface area contributed by atoms with E-state index in [1.165, 1.54) is 0 Å². The van der Waals surface area contributed by atoms with E-state index in [0.29, 0.717) is 6.61 Å². The SMILES string of the molecule is O=C(C1=CCCC1)N1CC[C@H]2OCC[C@@]2(COc2cccnc2)C1.O=C(O)C(F)(F)F. The third-order valence-corrected chi connectivity index (χ3v) is 5.78. The maximum absolute atomic E-state index is 12.8. The van der Waals surface area contributed by atoms with Crippen LogP contribution >= 0.6 is 0 Å². The highest BCUT2D eigenvalue weighted by atomic mass is 19.4. The molecule has 1 aromatic heterocycles. The number of hydrogen-bond donors (Lipinski definition) is 1. The Morgan fingerprint density at radius 2 is 2.16 bits per heavy atom. The van der Waals surface area contributed by atoms with Gasteiger partial charge in [0.05, 0.1) is 24.3 Å². The van der Waals surface area contributed by atoms with Crippen molar-refractivity contribution < 1.29 is 37.3 Å². The molecule has 0 radical (unpaired) electrons. The minimum absolute atomic E-state index is 0.0943. The van der Waals surface area contributed by atoms with Gasteiger partial charge in [0, 0.05) is 31.5 Å². The smallest absolute Gasteiger partial charge is 0.490 e. The fourth-order valence-corrected chi connectivity index (χ4v) is 4.16. The fraction of sp³-hybridized carbons (Fsp3) is 0.571. The van der Waals surface area contributed by atoms with Crippen molar-refractivity contribution in [2.75, 3.05) is 26.3 Å². The summed E-state index contributed by atoms with van der Waals surface area (Å²) < 4.78 is 43.7. The van der Waals surface area contributed by atoms with Gasteiger partial charge in [-0.15, -0.1) is 0 Å². The van der Waals surface area contributed by atoms with E-state index in [-0.39, 0.29) is 17.4 Å². The first-order valence-electron chi connectivity index (χ1n) is 10.1. The van der Waals surface area contributed by atoms with Gasteiger partial charge >= 0.3 is 12.1 Å². The molecule has 1 N–H and O–H groups in total. The number of ether oxygens (including phenoxy) is 2. The molecule has 3 aliphatic rings. The Balaban J connectivity index is 0.000000339. The number of allylic oxidation sites excluding steroid dienone is 1. The predicted octanol–water partition coefficient (Wildman–Crippen LogP) is 3.21. The largest absolute Gasteiger partial charge is 0.491 e. The number of rotatable bonds is 4. The summed E-state index contributed by atoms with van der Waals surface area (Å²) in [6.07, 6.45) is 5.60. The average Bonchev–Trinajstić information content (AvgIpc) is 3.42. The van der Waals surface area contributed by atoms with Gasteiger partial charge in [-0.25, -0.2) is 4.79 Å². The van der Waals surface area contributed by atoms with Crippen LogP contribution in [0.25, 0.3) is 0 Å². The Bertz CT molecular complexity index is 815. The summed E-state index contributed by atoms with van der Waals surface area (Å²) in [5.41, 5.74) is 0.902. The number of amides is 1. The van der Waals surface area contributed by atoms with Crippen LogP contribution < -0.4 is 4.74 Å². The average molecular weight is 442 g/mol. The summed E-state index contributed by atoms with van der Waals surface area (Å²) in [6.45, 7) is 2.85. The number of carboxylic acids is 1. The number of carbonyl (C=O) groups is 2. The lowest BCUT2D eigenvalue weighted by atomic mass is 9.77. The van der Waals surface area contributed by atoms with E-state index in [1.807, 2.05) is 17.0 Å². The van der Waals surface area contributed by atoms with Crippen LogP contribution in [0, 0.1) is 5.41 Å². The fourth-order valence-electron chi connectivity index (χ4n) is 4.16. The van der Waals surface area contributed by atoms with Crippen LogP contribution in [0.4, 0.5) is 13.2 Å². The van der Waals surface area contributed by atoms with Crippen molar-refractivity contribution in [2.24, 2.45) is 5.41 Å². The zero-order valence-corrected chi connectivity index (χ0v) is 16.9. The molecule has 31 heavy (non-hydrogen) atoms. The summed E-state index contributed by atoms with van der Waals surface area (Å²) in [7, 11) is 0. The Hall–Kier alpha value is -2.62. The Kier molecular flexibility index (Phi) is 7.19. The molecule has 1 aliphatic carbocycles. The van der Waals surface area contributed by atoms with Crippen LogP contribution in [0.1, 0.15) is 32.1 Å². The molecule has 2 saturated heterocycles. The highest BCUT2D eigenvalue weighted by molar-refractivity contribution is 5.93. The van der Waals surface area contributed by atoms with Gasteiger partial charge < -0.3 is 19.5 Å². The lowest BCUT2D eigenvalue weighted by Crippen LogP contribution is -2.54. The zero-order chi connectivity index (χ0) is 22.5. The van der Waals surface area contributed by atoms with E-state index in [2.05, 4.69) is 11.1 Å². The molecule has 2 aliphatic heterocycles. The number of alkyl halides is 3. The number of pyridine rings is 1. The number of halogens is 3. The predicted molar refractivity (Wildman–Crippen MR) is 103 cm³/mol. The second kappa shape index (κ2) is 9.67. The van der Waals surface area contributed by atoms with E-state index in [9.17, 15) is 18.0 Å². The topological polar surface area (TPSA) is 89.0 Å². The van der Waals surface area contributed by atoms with E-state index < -0.39 is 12.1 Å². The van der Waals surface area contributed by atoms with Crippen molar-refractivity contribution in [1.82, 2.24) is 9.88 Å². The van der Waals surface area contributed by atoms with Gasteiger partial charge in [-0.3, -0.25) is 9.78 Å². The molecule has 4 rings (SSSR count). The molecule has 7 nitrogen and oxygen atoms in total. The molecule has 2 atom stereocenters. The quantitative estimate of drug-likeness (QED) is 0.770. The zero-order valence-electron chi connectivity index (χ0n) is 16.9. The molecule has 3 heterocycles. The molecule has 0 bridgehead atoms. The van der Waals surface area contributed by atoms with Crippen molar-refractivity contribution in [2.45, 2.75) is 44.4 Å². The normalized spacial score (nSPS) is 25.2. The van der Waals surface area contributed by atoms with Crippen LogP contribution in [0.15, 0.2) is 36.2 Å². The first-order chi connectivity index (χ1) is 14.7. The summed E-state index contributed by atoms with van der Waals surface area (Å²) in [5.74, 6) is -1.76. The van der Waals surface area contributed by atoms with Crippen LogP contribution in [0.5, 0.6) is 5.75 Å². The monoisotopic (exact) mass is 442 g/mol. The second-order valence-corrected chi connectivity index (χ2v) is 7.89. The highest BCUT2D eigenvalue weighted by Crippen LogP contribution is 2.42. The molecule has 0 spiro atoms.